The molecule has 2 heterocycles. The highest BCUT2D eigenvalue weighted by molar-refractivity contribution is 5.64. The lowest BCUT2D eigenvalue weighted by molar-refractivity contribution is 0.830. The minimum atomic E-state index is 0.790. The second-order valence-electron chi connectivity index (χ2n) is 4.65. The van der Waals surface area contributed by atoms with Crippen LogP contribution in [0, 0.1) is 6.92 Å². The maximum atomic E-state index is 4.07. The minimum absolute atomic E-state index is 0.790. The number of nitrogens with zero attached hydrogens (tertiary/aromatic N) is 2. The van der Waals surface area contributed by atoms with Crippen LogP contribution < -0.4 is 10.6 Å². The van der Waals surface area contributed by atoms with Gasteiger partial charge in [0.2, 0.25) is 0 Å². The maximum Gasteiger partial charge on any atom is 0.153 e. The van der Waals surface area contributed by atoms with E-state index < -0.39 is 0 Å². The maximum absolute atomic E-state index is 4.07. The van der Waals surface area contributed by atoms with Crippen molar-refractivity contribution in [3.63, 3.8) is 0 Å². The van der Waals surface area contributed by atoms with Gasteiger partial charge in [0.25, 0.3) is 0 Å². The van der Waals surface area contributed by atoms with Gasteiger partial charge in [0.05, 0.1) is 6.20 Å². The zero-order valence-corrected chi connectivity index (χ0v) is 10.4. The van der Waals surface area contributed by atoms with Gasteiger partial charge >= 0.3 is 0 Å². The molecule has 2 aromatic rings. The summed E-state index contributed by atoms with van der Waals surface area (Å²) < 4.78 is 0. The van der Waals surface area contributed by atoms with Crippen LogP contribution in [0.15, 0.2) is 30.5 Å². The molecule has 0 amide bonds. The third-order valence-corrected chi connectivity index (χ3v) is 3.11. The van der Waals surface area contributed by atoms with Crippen molar-refractivity contribution in [2.75, 3.05) is 17.2 Å². The first kappa shape index (κ1) is 11.0. The van der Waals surface area contributed by atoms with Gasteiger partial charge in [-0.25, -0.2) is 0 Å². The van der Waals surface area contributed by atoms with Crippen LogP contribution >= 0.6 is 0 Å². The van der Waals surface area contributed by atoms with Gasteiger partial charge in [0.1, 0.15) is 0 Å². The van der Waals surface area contributed by atoms with E-state index in [4.69, 9.17) is 0 Å². The fourth-order valence-electron chi connectivity index (χ4n) is 2.23. The van der Waals surface area contributed by atoms with Crippen molar-refractivity contribution in [2.24, 2.45) is 0 Å². The van der Waals surface area contributed by atoms with E-state index in [0.29, 0.717) is 0 Å². The normalized spacial score (nSPS) is 13.6. The Bertz CT molecular complexity index is 565. The molecule has 1 aliphatic rings. The third kappa shape index (κ3) is 2.27. The van der Waals surface area contributed by atoms with Crippen LogP contribution in [-0.4, -0.2) is 16.7 Å². The largest absolute Gasteiger partial charge is 0.385 e. The van der Waals surface area contributed by atoms with E-state index in [9.17, 15) is 0 Å². The highest BCUT2D eigenvalue weighted by atomic mass is 15.2. The average Bonchev–Trinajstić information content (AvgIpc) is 2.39. The fourth-order valence-corrected chi connectivity index (χ4v) is 2.23. The first-order chi connectivity index (χ1) is 8.81. The lowest BCUT2D eigenvalue weighted by atomic mass is 10.0. The number of fused-ring (bicyclic) bond motifs is 1. The summed E-state index contributed by atoms with van der Waals surface area (Å²) >= 11 is 0. The van der Waals surface area contributed by atoms with Gasteiger partial charge in [-0.3, -0.25) is 0 Å². The van der Waals surface area contributed by atoms with Gasteiger partial charge < -0.3 is 10.6 Å². The Morgan fingerprint density at radius 3 is 3.11 bits per heavy atom. The summed E-state index contributed by atoms with van der Waals surface area (Å²) in [5, 5.41) is 14.7. The van der Waals surface area contributed by atoms with Gasteiger partial charge in [-0.15, -0.1) is 5.10 Å². The van der Waals surface area contributed by atoms with E-state index in [0.717, 1.165) is 30.0 Å². The van der Waals surface area contributed by atoms with Crippen LogP contribution in [0.1, 0.15) is 17.5 Å². The molecule has 0 aliphatic carbocycles. The minimum Gasteiger partial charge on any atom is -0.385 e. The molecule has 0 atom stereocenters. The van der Waals surface area contributed by atoms with E-state index >= 15 is 0 Å². The van der Waals surface area contributed by atoms with Gasteiger partial charge in [0, 0.05) is 17.9 Å². The Kier molecular flexibility index (Phi) is 2.84. The van der Waals surface area contributed by atoms with Crippen LogP contribution in [-0.2, 0) is 6.42 Å². The molecule has 2 N–H and O–H groups in total. The molecular formula is C14H16N4. The number of nitrogens with one attached hydrogen (secondary N) is 2. The number of hydrogen-bond acceptors (Lipinski definition) is 4. The molecular weight excluding hydrogens is 224 g/mol. The number of aryl methyl sites for hydroxylation is 2. The summed E-state index contributed by atoms with van der Waals surface area (Å²) in [4.78, 5) is 0. The standard InChI is InChI=1S/C14H16N4/c1-10-7-14(18-16-9-10)17-12-4-5-13-11(8-12)3-2-6-15-13/h4-5,7-9,15H,2-3,6H2,1H3,(H,17,18). The van der Waals surface area contributed by atoms with Crippen LogP contribution in [0.5, 0.6) is 0 Å². The van der Waals surface area contributed by atoms with Crippen molar-refractivity contribution in [1.82, 2.24) is 10.2 Å². The van der Waals surface area contributed by atoms with Crippen molar-refractivity contribution in [1.29, 1.82) is 0 Å². The molecule has 0 unspecified atom stereocenters. The predicted molar refractivity (Wildman–Crippen MR) is 73.3 cm³/mol. The highest BCUT2D eigenvalue weighted by Gasteiger charge is 2.08. The number of hydrogen-bond donors (Lipinski definition) is 2. The molecule has 3 rings (SSSR count). The lowest BCUT2D eigenvalue weighted by Crippen LogP contribution is -2.11. The van der Waals surface area contributed by atoms with Crippen LogP contribution in [0.2, 0.25) is 0 Å². The Morgan fingerprint density at radius 1 is 1.28 bits per heavy atom. The molecule has 0 saturated heterocycles. The van der Waals surface area contributed by atoms with E-state index in [2.05, 4.69) is 39.0 Å². The fraction of sp³-hybridized carbons (Fsp3) is 0.286. The highest BCUT2D eigenvalue weighted by Crippen LogP contribution is 2.26. The summed E-state index contributed by atoms with van der Waals surface area (Å²) in [6, 6.07) is 8.37. The summed E-state index contributed by atoms with van der Waals surface area (Å²) in [6.07, 6.45) is 4.08. The van der Waals surface area contributed by atoms with Crippen molar-refractivity contribution in [3.05, 3.63) is 41.6 Å². The molecule has 4 nitrogen and oxygen atoms in total. The third-order valence-electron chi connectivity index (χ3n) is 3.11. The topological polar surface area (TPSA) is 49.8 Å². The zero-order chi connectivity index (χ0) is 12.4. The predicted octanol–water partition coefficient (Wildman–Crippen LogP) is 2.89. The van der Waals surface area contributed by atoms with Crippen molar-refractivity contribution in [3.8, 4) is 0 Å². The van der Waals surface area contributed by atoms with Gasteiger partial charge in [-0.2, -0.15) is 5.10 Å². The average molecular weight is 240 g/mol. The SMILES string of the molecule is Cc1cnnc(Nc2ccc3c(c2)CCCN3)c1. The summed E-state index contributed by atoms with van der Waals surface area (Å²) in [5.74, 6) is 0.790. The lowest BCUT2D eigenvalue weighted by Gasteiger charge is -2.18. The molecule has 0 radical (unpaired) electrons. The van der Waals surface area contributed by atoms with E-state index in [1.165, 1.54) is 17.7 Å². The summed E-state index contributed by atoms with van der Waals surface area (Å²) in [5.41, 5.74) is 4.79. The number of rotatable bonds is 2. The number of benzene rings is 1. The molecule has 0 spiro atoms. The van der Waals surface area contributed by atoms with Crippen molar-refractivity contribution >= 4 is 17.2 Å². The van der Waals surface area contributed by atoms with Crippen molar-refractivity contribution in [2.45, 2.75) is 19.8 Å². The second kappa shape index (κ2) is 4.64. The zero-order valence-electron chi connectivity index (χ0n) is 10.4. The summed E-state index contributed by atoms with van der Waals surface area (Å²) in [6.45, 7) is 3.08. The molecule has 0 saturated carbocycles. The van der Waals surface area contributed by atoms with Gasteiger partial charge in [-0.1, -0.05) is 0 Å². The van der Waals surface area contributed by atoms with E-state index in [-0.39, 0.29) is 0 Å². The second-order valence-corrected chi connectivity index (χ2v) is 4.65. The molecule has 4 heteroatoms. The molecule has 0 bridgehead atoms. The Morgan fingerprint density at radius 2 is 2.22 bits per heavy atom. The monoisotopic (exact) mass is 240 g/mol. The Hall–Kier alpha value is -2.10. The summed E-state index contributed by atoms with van der Waals surface area (Å²) in [7, 11) is 0. The molecule has 92 valence electrons. The van der Waals surface area contributed by atoms with E-state index in [1.807, 2.05) is 13.0 Å². The molecule has 1 aromatic carbocycles. The molecule has 1 aliphatic heterocycles. The molecule has 1 aromatic heterocycles. The van der Waals surface area contributed by atoms with Crippen LogP contribution in [0.4, 0.5) is 17.2 Å². The first-order valence-electron chi connectivity index (χ1n) is 6.24. The van der Waals surface area contributed by atoms with Gasteiger partial charge in [-0.05, 0) is 55.2 Å². The number of aromatic nitrogens is 2. The smallest absolute Gasteiger partial charge is 0.153 e. The molecule has 18 heavy (non-hydrogen) atoms. The van der Waals surface area contributed by atoms with Gasteiger partial charge in [0.15, 0.2) is 5.82 Å². The Labute approximate surface area is 106 Å². The number of anilines is 3. The Balaban J connectivity index is 1.85. The first-order valence-corrected chi connectivity index (χ1v) is 6.24. The van der Waals surface area contributed by atoms with E-state index in [1.54, 1.807) is 6.20 Å². The van der Waals surface area contributed by atoms with Crippen molar-refractivity contribution < 1.29 is 0 Å². The quantitative estimate of drug-likeness (QED) is 0.847. The molecule has 0 fully saturated rings. The van der Waals surface area contributed by atoms with Crippen LogP contribution in [0.3, 0.4) is 0 Å². The van der Waals surface area contributed by atoms with Crippen LogP contribution in [0.25, 0.3) is 0 Å².